The normalized spacial score (nSPS) is 4.50. The van der Waals surface area contributed by atoms with Gasteiger partial charge in [0.25, 0.3) is 0 Å². The van der Waals surface area contributed by atoms with E-state index in [2.05, 4.69) is 0 Å². The summed E-state index contributed by atoms with van der Waals surface area (Å²) in [5.41, 5.74) is 0. The Kier molecular flexibility index (Phi) is 22.4. The largest absolute Gasteiger partial charge is 0.344 e. The zero-order valence-electron chi connectivity index (χ0n) is 1.86. The highest BCUT2D eigenvalue weighted by Gasteiger charge is 1.35. The lowest BCUT2D eigenvalue weighted by molar-refractivity contribution is 1.76. The minimum atomic E-state index is -0.583. The lowest BCUT2D eigenvalue weighted by Gasteiger charge is -1.53. The maximum Gasteiger partial charge on any atom is 0.162 e. The highest BCUT2D eigenvalue weighted by atomic mass is 28.2. The van der Waals surface area contributed by atoms with Gasteiger partial charge in [0.1, 0.15) is 0 Å². The van der Waals surface area contributed by atoms with Gasteiger partial charge in [-0.05, 0) is 11.0 Å². The highest BCUT2D eigenvalue weighted by Crippen LogP contribution is 0.750. The Balaban J connectivity index is 0. The maximum atomic E-state index is 4.76. The molecule has 0 aromatic carbocycles. The average molecular weight is 94.3 g/mol. The molecule has 0 saturated heterocycles. The number of hydrogen-bond acceptors (Lipinski definition) is 2. The smallest absolute Gasteiger partial charge is 0.162 e. The molecule has 4 N–H and O–H groups in total. The Morgan fingerprint density at radius 3 is 1.25 bits per heavy atom. The molecule has 0 aromatic heterocycles. The summed E-state index contributed by atoms with van der Waals surface area (Å²) in [5.74, 6) is 0. The van der Waals surface area contributed by atoms with Crippen LogP contribution in [-0.2, 0) is 0 Å². The van der Waals surface area contributed by atoms with Gasteiger partial charge < -0.3 is 10.8 Å². The number of hydrogen-bond donors (Lipinski definition) is 2. The molecule has 4 heavy (non-hydrogen) atoms. The molecule has 0 fully saturated rings. The third-order valence-electron chi connectivity index (χ3n) is 0. The molecule has 0 amide bonds. The Hall–Kier alpha value is 0.354. The van der Waals surface area contributed by atoms with E-state index in [0.717, 1.165) is 0 Å². The summed E-state index contributed by atoms with van der Waals surface area (Å²) in [6, 6.07) is 0. The van der Waals surface area contributed by atoms with Gasteiger partial charge in [-0.25, -0.2) is 0 Å². The molecule has 0 heterocycles. The van der Waals surface area contributed by atoms with E-state index in [1.165, 1.54) is 0 Å². The molecule has 0 saturated carbocycles. The van der Waals surface area contributed by atoms with Crippen LogP contribution >= 0.6 is 0 Å². The second-order valence-corrected chi connectivity index (χ2v) is 0.707. The van der Waals surface area contributed by atoms with Gasteiger partial charge in [-0.15, -0.1) is 0 Å². The van der Waals surface area contributed by atoms with E-state index in [9.17, 15) is 0 Å². The first-order valence-corrected chi connectivity index (χ1v) is 2.45. The van der Waals surface area contributed by atoms with Crippen molar-refractivity contribution in [2.24, 2.45) is 10.8 Å². The van der Waals surface area contributed by atoms with Crippen LogP contribution in [0.2, 0.25) is 0 Å². The Labute approximate surface area is 32.6 Å². The molecule has 0 aliphatic heterocycles. The van der Waals surface area contributed by atoms with Crippen molar-refractivity contribution < 1.29 is 0 Å². The Morgan fingerprint density at radius 2 is 1.25 bits per heavy atom. The molecule has 0 spiro atoms. The van der Waals surface area contributed by atoms with Gasteiger partial charge in [0.2, 0.25) is 0 Å². The monoisotopic (exact) mass is 94.0 g/mol. The predicted octanol–water partition coefficient (Wildman–Crippen LogP) is -3.55. The molecule has 0 radical (unpaired) electrons. The number of rotatable bonds is 0. The number of nitrogens with two attached hydrogens (primary N) is 2. The van der Waals surface area contributed by atoms with Crippen molar-refractivity contribution in [3.05, 3.63) is 0 Å². The third kappa shape index (κ3) is 34.5. The van der Waals surface area contributed by atoms with Crippen LogP contribution in [0.1, 0.15) is 0 Å². The second kappa shape index (κ2) is 10.1. The molecule has 0 aromatic rings. The first kappa shape index (κ1) is 8.84. The standard InChI is InChI=1S/H6N2Si.H4Si/c1-3-2;/h1-3H2;1H4. The lowest BCUT2D eigenvalue weighted by Crippen LogP contribution is -2.15. The fourth-order valence-corrected chi connectivity index (χ4v) is 0. The van der Waals surface area contributed by atoms with E-state index >= 15 is 0 Å². The van der Waals surface area contributed by atoms with Crippen LogP contribution in [0.5, 0.6) is 0 Å². The predicted molar refractivity (Wildman–Crippen MR) is 28.3 cm³/mol. The summed E-state index contributed by atoms with van der Waals surface area (Å²) >= 11 is 0. The van der Waals surface area contributed by atoms with Gasteiger partial charge in [-0.1, -0.05) is 0 Å². The van der Waals surface area contributed by atoms with E-state index in [0.29, 0.717) is 0 Å². The molecule has 0 aliphatic carbocycles. The summed E-state index contributed by atoms with van der Waals surface area (Å²) in [6.07, 6.45) is 0. The zero-order valence-corrected chi connectivity index (χ0v) is 3.28. The van der Waals surface area contributed by atoms with Crippen LogP contribution in [0.4, 0.5) is 0 Å². The van der Waals surface area contributed by atoms with Crippen LogP contribution in [-0.4, -0.2) is 20.8 Å². The quantitative estimate of drug-likeness (QED) is 0.305. The molecular formula is H10N2Si2. The van der Waals surface area contributed by atoms with Gasteiger partial charge in [-0.2, -0.15) is 0 Å². The second-order valence-electron chi connectivity index (χ2n) is 0.236. The molecule has 0 atom stereocenters. The Morgan fingerprint density at radius 1 is 1.25 bits per heavy atom. The van der Waals surface area contributed by atoms with E-state index in [-0.39, 0.29) is 11.0 Å². The topological polar surface area (TPSA) is 52.0 Å². The van der Waals surface area contributed by atoms with Gasteiger partial charge in [0.15, 0.2) is 9.84 Å². The summed E-state index contributed by atoms with van der Waals surface area (Å²) in [6.45, 7) is 0. The molecule has 0 rings (SSSR count). The molecule has 0 unspecified atom stereocenters. The van der Waals surface area contributed by atoms with E-state index in [1.54, 1.807) is 0 Å². The molecule has 2 nitrogen and oxygen atoms in total. The lowest BCUT2D eigenvalue weighted by atomic mass is 13.9. The van der Waals surface area contributed by atoms with Crippen LogP contribution < -0.4 is 10.8 Å². The van der Waals surface area contributed by atoms with Crippen molar-refractivity contribution in [3.63, 3.8) is 0 Å². The zero-order chi connectivity index (χ0) is 2.71. The average Bonchev–Trinajstić information content (AvgIpc) is 0.918. The molecular weight excluding hydrogens is 84.2 g/mol. The molecule has 4 heteroatoms. The SMILES string of the molecule is N[SiH2]N.[SiH4]. The highest BCUT2D eigenvalue weighted by molar-refractivity contribution is 6.26. The van der Waals surface area contributed by atoms with Crippen LogP contribution in [0.15, 0.2) is 0 Å². The fraction of sp³-hybridized carbons (Fsp3) is 0. The van der Waals surface area contributed by atoms with Crippen molar-refractivity contribution in [2.45, 2.75) is 0 Å². The van der Waals surface area contributed by atoms with Gasteiger partial charge in [0, 0.05) is 0 Å². The van der Waals surface area contributed by atoms with E-state index in [1.807, 2.05) is 0 Å². The van der Waals surface area contributed by atoms with Crippen molar-refractivity contribution in [3.8, 4) is 0 Å². The van der Waals surface area contributed by atoms with Crippen molar-refractivity contribution >= 4 is 20.8 Å². The molecule has 0 bridgehead atoms. The molecule has 28 valence electrons. The Bertz CT molecular complexity index is 4.00. The fourth-order valence-electron chi connectivity index (χ4n) is 0. The van der Waals surface area contributed by atoms with E-state index in [4.69, 9.17) is 10.8 Å². The van der Waals surface area contributed by atoms with Crippen molar-refractivity contribution in [1.82, 2.24) is 0 Å². The third-order valence-corrected chi connectivity index (χ3v) is 0. The van der Waals surface area contributed by atoms with Crippen LogP contribution in [0.25, 0.3) is 0 Å². The minimum absolute atomic E-state index is 0. The summed E-state index contributed by atoms with van der Waals surface area (Å²) in [7, 11) is -0.583. The van der Waals surface area contributed by atoms with Crippen LogP contribution in [0, 0.1) is 0 Å². The van der Waals surface area contributed by atoms with E-state index < -0.39 is 9.84 Å². The van der Waals surface area contributed by atoms with Gasteiger partial charge >= 0.3 is 0 Å². The van der Waals surface area contributed by atoms with Gasteiger partial charge in [0.05, 0.1) is 0 Å². The summed E-state index contributed by atoms with van der Waals surface area (Å²) in [4.78, 5) is 0. The maximum absolute atomic E-state index is 4.76. The summed E-state index contributed by atoms with van der Waals surface area (Å²) in [5, 5.41) is 9.53. The van der Waals surface area contributed by atoms with Crippen molar-refractivity contribution in [2.75, 3.05) is 0 Å². The first-order valence-electron chi connectivity index (χ1n) is 0.816. The van der Waals surface area contributed by atoms with Gasteiger partial charge in [-0.3, -0.25) is 0 Å². The van der Waals surface area contributed by atoms with Crippen molar-refractivity contribution in [1.29, 1.82) is 0 Å². The molecule has 0 aliphatic rings. The minimum Gasteiger partial charge on any atom is -0.344 e. The summed E-state index contributed by atoms with van der Waals surface area (Å²) < 4.78 is 0. The first-order chi connectivity index (χ1) is 1.41. The van der Waals surface area contributed by atoms with Crippen LogP contribution in [0.3, 0.4) is 0 Å².